The van der Waals surface area contributed by atoms with Crippen molar-refractivity contribution in [3.8, 4) is 0 Å². The molecule has 1 amide bonds. The van der Waals surface area contributed by atoms with Crippen LogP contribution in [0.25, 0.3) is 0 Å². The standard InChI is InChI=1S/C14H9Cl2FN2O/c15-11-6-3-4-9(13(11)16)8-18-19-14(20)10-5-1-2-7-12(10)17/h1-8H,(H,19,20). The number of nitrogens with zero attached hydrogens (tertiary/aromatic N) is 1. The zero-order valence-electron chi connectivity index (χ0n) is 10.1. The van der Waals surface area contributed by atoms with Crippen LogP contribution in [0.4, 0.5) is 4.39 Å². The number of hydrazone groups is 1. The van der Waals surface area contributed by atoms with Crippen molar-refractivity contribution in [2.24, 2.45) is 5.10 Å². The summed E-state index contributed by atoms with van der Waals surface area (Å²) in [6, 6.07) is 10.7. The van der Waals surface area contributed by atoms with E-state index in [1.807, 2.05) is 0 Å². The van der Waals surface area contributed by atoms with Gasteiger partial charge in [0, 0.05) is 5.56 Å². The third-order valence-corrected chi connectivity index (χ3v) is 3.30. The van der Waals surface area contributed by atoms with Crippen molar-refractivity contribution in [1.82, 2.24) is 5.43 Å². The van der Waals surface area contributed by atoms with E-state index in [-0.39, 0.29) is 5.56 Å². The number of halogens is 3. The van der Waals surface area contributed by atoms with E-state index in [1.54, 1.807) is 24.3 Å². The first kappa shape index (κ1) is 14.5. The van der Waals surface area contributed by atoms with Crippen molar-refractivity contribution < 1.29 is 9.18 Å². The molecule has 0 bridgehead atoms. The Morgan fingerprint density at radius 3 is 2.65 bits per heavy atom. The Hall–Kier alpha value is -1.91. The van der Waals surface area contributed by atoms with Gasteiger partial charge in [-0.3, -0.25) is 4.79 Å². The van der Waals surface area contributed by atoms with Gasteiger partial charge in [0.2, 0.25) is 0 Å². The smallest absolute Gasteiger partial charge is 0.267 e. The van der Waals surface area contributed by atoms with Gasteiger partial charge in [-0.2, -0.15) is 5.10 Å². The Balaban J connectivity index is 2.09. The predicted octanol–water partition coefficient (Wildman–Crippen LogP) is 3.90. The first-order valence-corrected chi connectivity index (χ1v) is 6.37. The molecule has 2 aromatic rings. The molecule has 0 saturated heterocycles. The van der Waals surface area contributed by atoms with Crippen LogP contribution in [0.1, 0.15) is 15.9 Å². The number of hydrogen-bond donors (Lipinski definition) is 1. The zero-order chi connectivity index (χ0) is 14.5. The molecule has 3 nitrogen and oxygen atoms in total. The van der Waals surface area contributed by atoms with Crippen LogP contribution < -0.4 is 5.43 Å². The average molecular weight is 311 g/mol. The molecule has 0 aliphatic carbocycles. The van der Waals surface area contributed by atoms with Gasteiger partial charge in [-0.25, -0.2) is 9.82 Å². The highest BCUT2D eigenvalue weighted by molar-refractivity contribution is 6.43. The molecule has 6 heteroatoms. The van der Waals surface area contributed by atoms with Crippen LogP contribution in [-0.2, 0) is 0 Å². The molecule has 0 radical (unpaired) electrons. The van der Waals surface area contributed by atoms with Crippen molar-refractivity contribution in [2.75, 3.05) is 0 Å². The summed E-state index contributed by atoms with van der Waals surface area (Å²) in [5.41, 5.74) is 2.69. The van der Waals surface area contributed by atoms with E-state index in [0.717, 1.165) is 0 Å². The molecule has 0 atom stereocenters. The number of carbonyl (C=O) groups excluding carboxylic acids is 1. The van der Waals surface area contributed by atoms with E-state index in [1.165, 1.54) is 24.4 Å². The molecule has 2 rings (SSSR count). The molecule has 20 heavy (non-hydrogen) atoms. The zero-order valence-corrected chi connectivity index (χ0v) is 11.6. The summed E-state index contributed by atoms with van der Waals surface area (Å²) >= 11 is 11.8. The van der Waals surface area contributed by atoms with Crippen LogP contribution in [-0.4, -0.2) is 12.1 Å². The topological polar surface area (TPSA) is 41.5 Å². The van der Waals surface area contributed by atoms with E-state index in [0.29, 0.717) is 15.6 Å². The Labute approximate surface area is 125 Å². The molecule has 0 heterocycles. The van der Waals surface area contributed by atoms with Gasteiger partial charge in [0.25, 0.3) is 5.91 Å². The summed E-state index contributed by atoms with van der Waals surface area (Å²) in [5.74, 6) is -1.25. The Morgan fingerprint density at radius 2 is 1.90 bits per heavy atom. The summed E-state index contributed by atoms with van der Waals surface area (Å²) in [4.78, 5) is 11.7. The first-order chi connectivity index (χ1) is 9.59. The maximum Gasteiger partial charge on any atom is 0.274 e. The third-order valence-electron chi connectivity index (χ3n) is 2.47. The molecule has 0 aliphatic rings. The minimum atomic E-state index is -0.641. The highest BCUT2D eigenvalue weighted by Crippen LogP contribution is 2.24. The Kier molecular flexibility index (Phi) is 4.71. The highest BCUT2D eigenvalue weighted by Gasteiger charge is 2.09. The lowest BCUT2D eigenvalue weighted by Crippen LogP contribution is -2.18. The maximum absolute atomic E-state index is 13.4. The van der Waals surface area contributed by atoms with Crippen molar-refractivity contribution in [2.45, 2.75) is 0 Å². The van der Waals surface area contributed by atoms with Crippen molar-refractivity contribution in [3.63, 3.8) is 0 Å². The van der Waals surface area contributed by atoms with Crippen molar-refractivity contribution >= 4 is 35.3 Å². The first-order valence-electron chi connectivity index (χ1n) is 5.61. The summed E-state index contributed by atoms with van der Waals surface area (Å²) < 4.78 is 13.4. The normalized spacial score (nSPS) is 10.8. The lowest BCUT2D eigenvalue weighted by Gasteiger charge is -2.02. The quantitative estimate of drug-likeness (QED) is 0.678. The molecule has 0 aromatic heterocycles. The second-order valence-corrected chi connectivity index (χ2v) is 4.61. The molecule has 0 fully saturated rings. The maximum atomic E-state index is 13.4. The van der Waals surface area contributed by atoms with Crippen molar-refractivity contribution in [3.05, 3.63) is 69.5 Å². The predicted molar refractivity (Wildman–Crippen MR) is 77.9 cm³/mol. The summed E-state index contributed by atoms with van der Waals surface area (Å²) in [6.45, 7) is 0. The molecule has 0 spiro atoms. The SMILES string of the molecule is O=C(NN=Cc1cccc(Cl)c1Cl)c1ccccc1F. The number of amides is 1. The molecule has 0 aliphatic heterocycles. The summed E-state index contributed by atoms with van der Waals surface area (Å²) in [7, 11) is 0. The van der Waals surface area contributed by atoms with Crippen LogP contribution in [0.2, 0.25) is 10.0 Å². The van der Waals surface area contributed by atoms with Gasteiger partial charge in [0.1, 0.15) is 5.82 Å². The highest BCUT2D eigenvalue weighted by atomic mass is 35.5. The molecular weight excluding hydrogens is 302 g/mol. The molecule has 102 valence electrons. The van der Waals surface area contributed by atoms with Crippen LogP contribution in [0, 0.1) is 5.82 Å². The number of hydrogen-bond acceptors (Lipinski definition) is 2. The number of benzene rings is 2. The molecule has 0 saturated carbocycles. The fraction of sp³-hybridized carbons (Fsp3) is 0. The van der Waals surface area contributed by atoms with Gasteiger partial charge >= 0.3 is 0 Å². The average Bonchev–Trinajstić information content (AvgIpc) is 2.44. The minimum absolute atomic E-state index is 0.0816. The number of carbonyl (C=O) groups is 1. The molecule has 2 aromatic carbocycles. The van der Waals surface area contributed by atoms with E-state index < -0.39 is 11.7 Å². The molecule has 0 unspecified atom stereocenters. The Morgan fingerprint density at radius 1 is 1.15 bits per heavy atom. The summed E-state index contributed by atoms with van der Waals surface area (Å²) in [5, 5.41) is 4.44. The Bertz CT molecular complexity index is 674. The fourth-order valence-electron chi connectivity index (χ4n) is 1.49. The molecule has 1 N–H and O–H groups in total. The monoisotopic (exact) mass is 310 g/mol. The lowest BCUT2D eigenvalue weighted by molar-refractivity contribution is 0.0951. The van der Waals surface area contributed by atoms with Gasteiger partial charge in [0.05, 0.1) is 21.8 Å². The summed E-state index contributed by atoms with van der Waals surface area (Å²) in [6.07, 6.45) is 1.34. The van der Waals surface area contributed by atoms with Crippen molar-refractivity contribution in [1.29, 1.82) is 0 Å². The number of rotatable bonds is 3. The van der Waals surface area contributed by atoms with E-state index in [4.69, 9.17) is 23.2 Å². The van der Waals surface area contributed by atoms with E-state index in [2.05, 4.69) is 10.5 Å². The van der Waals surface area contributed by atoms with Gasteiger partial charge in [0.15, 0.2) is 0 Å². The van der Waals surface area contributed by atoms with Crippen LogP contribution in [0.3, 0.4) is 0 Å². The van der Waals surface area contributed by atoms with Gasteiger partial charge in [-0.15, -0.1) is 0 Å². The van der Waals surface area contributed by atoms with Crippen LogP contribution >= 0.6 is 23.2 Å². The largest absolute Gasteiger partial charge is 0.274 e. The number of nitrogens with one attached hydrogen (secondary N) is 1. The van der Waals surface area contributed by atoms with E-state index >= 15 is 0 Å². The second kappa shape index (κ2) is 6.50. The lowest BCUT2D eigenvalue weighted by atomic mass is 10.2. The fourth-order valence-corrected chi connectivity index (χ4v) is 1.84. The van der Waals surface area contributed by atoms with E-state index in [9.17, 15) is 9.18 Å². The van der Waals surface area contributed by atoms with Crippen LogP contribution in [0.5, 0.6) is 0 Å². The van der Waals surface area contributed by atoms with Gasteiger partial charge in [-0.05, 0) is 18.2 Å². The molecular formula is C14H9Cl2FN2O. The van der Waals surface area contributed by atoms with Gasteiger partial charge < -0.3 is 0 Å². The minimum Gasteiger partial charge on any atom is -0.267 e. The van der Waals surface area contributed by atoms with Gasteiger partial charge in [-0.1, -0.05) is 47.5 Å². The third kappa shape index (κ3) is 3.35. The second-order valence-electron chi connectivity index (χ2n) is 3.82. The van der Waals surface area contributed by atoms with Crippen LogP contribution in [0.15, 0.2) is 47.6 Å².